The van der Waals surface area contributed by atoms with E-state index in [-0.39, 0.29) is 0 Å². The minimum absolute atomic E-state index is 0.301. The third kappa shape index (κ3) is 2.27. The minimum atomic E-state index is -3.41. The van der Waals surface area contributed by atoms with E-state index >= 15 is 0 Å². The molecule has 0 unspecified atom stereocenters. The Labute approximate surface area is 72.0 Å². The maximum Gasteiger partial charge on any atom is 0.364 e. The summed E-state index contributed by atoms with van der Waals surface area (Å²) in [5.74, 6) is 0. The first kappa shape index (κ1) is 8.68. The van der Waals surface area contributed by atoms with Gasteiger partial charge in [-0.1, -0.05) is 11.6 Å². The van der Waals surface area contributed by atoms with Gasteiger partial charge in [0.15, 0.2) is 0 Å². The zero-order valence-corrected chi connectivity index (χ0v) is 6.70. The average Bonchev–Trinajstić information content (AvgIpc) is 1.86. The van der Waals surface area contributed by atoms with Crippen LogP contribution in [0.2, 0.25) is 5.02 Å². The molecule has 0 aliphatic carbocycles. The fraction of sp³-hybridized carbons (Fsp3) is 0.167. The van der Waals surface area contributed by atoms with Crippen LogP contribution >= 0.6 is 23.2 Å². The van der Waals surface area contributed by atoms with Gasteiger partial charge in [-0.3, -0.25) is 4.98 Å². The Bertz CT molecular complexity index is 242. The van der Waals surface area contributed by atoms with Crippen LogP contribution in [-0.4, -0.2) is 4.98 Å². The van der Waals surface area contributed by atoms with Gasteiger partial charge in [-0.15, -0.1) is 0 Å². The Morgan fingerprint density at radius 1 is 1.36 bits per heavy atom. The van der Waals surface area contributed by atoms with Crippen LogP contribution in [0.5, 0.6) is 0 Å². The first-order chi connectivity index (χ1) is 5.00. The Morgan fingerprint density at radius 2 is 2.00 bits per heavy atom. The van der Waals surface area contributed by atoms with Gasteiger partial charge in [0.25, 0.3) is 0 Å². The zero-order valence-electron chi connectivity index (χ0n) is 5.19. The zero-order chi connectivity index (χ0) is 8.48. The second-order valence-electron chi connectivity index (χ2n) is 1.86. The molecule has 0 saturated heterocycles. The van der Waals surface area contributed by atoms with Crippen molar-refractivity contribution < 1.29 is 8.78 Å². The van der Waals surface area contributed by atoms with Crippen LogP contribution in [-0.2, 0) is 5.38 Å². The van der Waals surface area contributed by atoms with Gasteiger partial charge in [0.1, 0.15) is 5.69 Å². The highest BCUT2D eigenvalue weighted by molar-refractivity contribution is 6.30. The van der Waals surface area contributed by atoms with Crippen LogP contribution in [0.4, 0.5) is 8.78 Å². The van der Waals surface area contributed by atoms with Crippen LogP contribution in [0, 0.1) is 0 Å². The van der Waals surface area contributed by atoms with E-state index in [1.54, 1.807) is 0 Å². The van der Waals surface area contributed by atoms with E-state index in [4.69, 9.17) is 11.6 Å². The van der Waals surface area contributed by atoms with E-state index < -0.39 is 11.1 Å². The lowest BCUT2D eigenvalue weighted by molar-refractivity contribution is 0.0900. The summed E-state index contributed by atoms with van der Waals surface area (Å²) in [6, 6.07) is 2.38. The molecule has 0 N–H and O–H groups in total. The molecule has 0 aliphatic heterocycles. The number of rotatable bonds is 1. The Kier molecular flexibility index (Phi) is 2.30. The van der Waals surface area contributed by atoms with Crippen molar-refractivity contribution in [2.75, 3.05) is 0 Å². The molecule has 1 rings (SSSR count). The molecule has 1 nitrogen and oxygen atoms in total. The van der Waals surface area contributed by atoms with Crippen molar-refractivity contribution in [3.8, 4) is 0 Å². The van der Waals surface area contributed by atoms with E-state index in [1.807, 2.05) is 0 Å². The van der Waals surface area contributed by atoms with Gasteiger partial charge in [-0.25, -0.2) is 0 Å². The van der Waals surface area contributed by atoms with Crippen molar-refractivity contribution in [3.63, 3.8) is 0 Å². The van der Waals surface area contributed by atoms with Gasteiger partial charge in [0.05, 0.1) is 5.02 Å². The van der Waals surface area contributed by atoms with E-state index in [9.17, 15) is 8.78 Å². The molecule has 0 atom stereocenters. The third-order valence-corrected chi connectivity index (χ3v) is 1.44. The van der Waals surface area contributed by atoms with Crippen LogP contribution in [0.25, 0.3) is 0 Å². The summed E-state index contributed by atoms with van der Waals surface area (Å²) in [4.78, 5) is 3.34. The van der Waals surface area contributed by atoms with E-state index in [0.29, 0.717) is 5.02 Å². The topological polar surface area (TPSA) is 12.9 Å². The van der Waals surface area contributed by atoms with E-state index in [0.717, 1.165) is 12.3 Å². The molecule has 0 radical (unpaired) electrons. The Hall–Kier alpha value is -0.410. The summed E-state index contributed by atoms with van der Waals surface area (Å²) in [7, 11) is 0. The largest absolute Gasteiger partial charge is 0.364 e. The summed E-state index contributed by atoms with van der Waals surface area (Å²) < 4.78 is 24.5. The number of aromatic nitrogens is 1. The standard InChI is InChI=1S/C6H3Cl2F2N/c7-4-1-2-5(11-3-4)6(8,9)10/h1-3H. The Morgan fingerprint density at radius 3 is 2.36 bits per heavy atom. The van der Waals surface area contributed by atoms with Gasteiger partial charge >= 0.3 is 5.38 Å². The van der Waals surface area contributed by atoms with Crippen LogP contribution in [0.3, 0.4) is 0 Å². The molecule has 1 heterocycles. The molecule has 0 bridgehead atoms. The second-order valence-corrected chi connectivity index (χ2v) is 2.77. The van der Waals surface area contributed by atoms with Crippen LogP contribution < -0.4 is 0 Å². The predicted molar refractivity (Wildman–Crippen MR) is 39.0 cm³/mol. The highest BCUT2D eigenvalue weighted by atomic mass is 35.5. The van der Waals surface area contributed by atoms with Gasteiger partial charge in [-0.05, 0) is 23.7 Å². The first-order valence-corrected chi connectivity index (χ1v) is 3.44. The second kappa shape index (κ2) is 2.91. The molecule has 0 aliphatic rings. The predicted octanol–water partition coefficient (Wildman–Crippen LogP) is 3.02. The number of alkyl halides is 3. The maximum absolute atomic E-state index is 12.2. The molecule has 0 aromatic carbocycles. The Balaban J connectivity index is 2.99. The summed E-state index contributed by atoms with van der Waals surface area (Å²) in [6.45, 7) is 0. The fourth-order valence-corrected chi connectivity index (χ4v) is 0.767. The number of halogens is 4. The van der Waals surface area contributed by atoms with Crippen molar-refractivity contribution in [1.82, 2.24) is 4.98 Å². The van der Waals surface area contributed by atoms with Gasteiger partial charge in [0.2, 0.25) is 0 Å². The lowest BCUT2D eigenvalue weighted by Gasteiger charge is -2.05. The highest BCUT2D eigenvalue weighted by Gasteiger charge is 2.29. The lowest BCUT2D eigenvalue weighted by Crippen LogP contribution is -2.05. The third-order valence-electron chi connectivity index (χ3n) is 1.02. The van der Waals surface area contributed by atoms with Gasteiger partial charge < -0.3 is 0 Å². The molecular weight excluding hydrogens is 195 g/mol. The smallest absolute Gasteiger partial charge is 0.252 e. The van der Waals surface area contributed by atoms with Crippen molar-refractivity contribution in [2.24, 2.45) is 0 Å². The van der Waals surface area contributed by atoms with Gasteiger partial charge in [-0.2, -0.15) is 8.78 Å². The number of nitrogens with zero attached hydrogens (tertiary/aromatic N) is 1. The van der Waals surface area contributed by atoms with E-state index in [1.165, 1.54) is 6.07 Å². The number of hydrogen-bond donors (Lipinski definition) is 0. The van der Waals surface area contributed by atoms with Crippen molar-refractivity contribution in [3.05, 3.63) is 29.0 Å². The van der Waals surface area contributed by atoms with Crippen molar-refractivity contribution in [1.29, 1.82) is 0 Å². The fourth-order valence-electron chi connectivity index (χ4n) is 0.544. The minimum Gasteiger partial charge on any atom is -0.252 e. The first-order valence-electron chi connectivity index (χ1n) is 2.69. The summed E-state index contributed by atoms with van der Waals surface area (Å²) >= 11 is 10.1. The lowest BCUT2D eigenvalue weighted by atomic mass is 10.4. The van der Waals surface area contributed by atoms with Gasteiger partial charge in [0, 0.05) is 6.20 Å². The number of pyridine rings is 1. The molecule has 1 aromatic rings. The summed E-state index contributed by atoms with van der Waals surface area (Å²) in [5.41, 5.74) is -0.497. The summed E-state index contributed by atoms with van der Waals surface area (Å²) in [5, 5.41) is -3.11. The number of hydrogen-bond acceptors (Lipinski definition) is 1. The van der Waals surface area contributed by atoms with Crippen molar-refractivity contribution >= 4 is 23.2 Å². The molecular formula is C6H3Cl2F2N. The van der Waals surface area contributed by atoms with E-state index in [2.05, 4.69) is 16.6 Å². The average molecular weight is 198 g/mol. The van der Waals surface area contributed by atoms with Crippen LogP contribution in [0.1, 0.15) is 5.69 Å². The molecule has 1 aromatic heterocycles. The molecule has 60 valence electrons. The molecule has 0 saturated carbocycles. The molecule has 0 amide bonds. The quantitative estimate of drug-likeness (QED) is 0.632. The maximum atomic E-state index is 12.2. The molecule has 0 fully saturated rings. The van der Waals surface area contributed by atoms with Crippen LogP contribution in [0.15, 0.2) is 18.3 Å². The molecule has 5 heteroatoms. The monoisotopic (exact) mass is 197 g/mol. The SMILES string of the molecule is FC(F)(Cl)c1ccc(Cl)cn1. The molecule has 0 spiro atoms. The summed E-state index contributed by atoms with van der Waals surface area (Å²) in [6.07, 6.45) is 1.12. The highest BCUT2D eigenvalue weighted by Crippen LogP contribution is 2.30. The molecule has 11 heavy (non-hydrogen) atoms. The normalized spacial score (nSPS) is 11.6. The van der Waals surface area contributed by atoms with Crippen molar-refractivity contribution in [2.45, 2.75) is 5.38 Å².